The molecule has 0 aliphatic carbocycles. The van der Waals surface area contributed by atoms with Gasteiger partial charge in [0.2, 0.25) is 0 Å². The van der Waals surface area contributed by atoms with E-state index >= 15 is 0 Å². The van der Waals surface area contributed by atoms with E-state index in [1.165, 1.54) is 21.9 Å². The Bertz CT molecular complexity index is 3590. The molecule has 0 N–H and O–H groups in total. The van der Waals surface area contributed by atoms with Crippen LogP contribution >= 0.6 is 0 Å². The van der Waals surface area contributed by atoms with Crippen molar-refractivity contribution in [1.29, 1.82) is 0 Å². The first-order chi connectivity index (χ1) is 30.7. The van der Waals surface area contributed by atoms with Crippen molar-refractivity contribution in [2.24, 2.45) is 0 Å². The van der Waals surface area contributed by atoms with E-state index in [1.54, 1.807) is 0 Å². The normalized spacial score (nSPS) is 11.5. The van der Waals surface area contributed by atoms with Crippen LogP contribution in [0.2, 0.25) is 0 Å². The van der Waals surface area contributed by atoms with Crippen molar-refractivity contribution in [3.8, 4) is 73.2 Å². The van der Waals surface area contributed by atoms with Crippen molar-refractivity contribution in [3.05, 3.63) is 218 Å². The van der Waals surface area contributed by atoms with Gasteiger partial charge < -0.3 is 8.98 Å². The third kappa shape index (κ3) is 6.14. The van der Waals surface area contributed by atoms with Crippen molar-refractivity contribution < 1.29 is 4.42 Å². The van der Waals surface area contributed by atoms with Crippen molar-refractivity contribution >= 4 is 43.7 Å². The summed E-state index contributed by atoms with van der Waals surface area (Å²) >= 11 is 0. The van der Waals surface area contributed by atoms with Crippen molar-refractivity contribution in [3.63, 3.8) is 0 Å². The molecule has 0 unspecified atom stereocenters. The molecular formula is C57H36N4O. The molecule has 62 heavy (non-hydrogen) atoms. The summed E-state index contributed by atoms with van der Waals surface area (Å²) < 4.78 is 9.13. The van der Waals surface area contributed by atoms with E-state index in [0.717, 1.165) is 77.6 Å². The molecule has 5 nitrogen and oxygen atoms in total. The van der Waals surface area contributed by atoms with Crippen LogP contribution in [0.5, 0.6) is 0 Å². The molecule has 0 aliphatic rings. The maximum atomic E-state index is 6.75. The van der Waals surface area contributed by atoms with E-state index in [1.807, 2.05) is 12.1 Å². The zero-order chi connectivity index (χ0) is 41.0. The fraction of sp³-hybridized carbons (Fsp3) is 0. The summed E-state index contributed by atoms with van der Waals surface area (Å²) in [5, 5.41) is 4.47. The van der Waals surface area contributed by atoms with E-state index in [9.17, 15) is 0 Å². The van der Waals surface area contributed by atoms with Gasteiger partial charge in [-0.1, -0.05) is 170 Å². The van der Waals surface area contributed by atoms with Gasteiger partial charge in [-0.25, -0.2) is 15.0 Å². The van der Waals surface area contributed by atoms with Crippen LogP contribution in [-0.2, 0) is 0 Å². The minimum atomic E-state index is 0.572. The van der Waals surface area contributed by atoms with Crippen LogP contribution in [0.3, 0.4) is 0 Å². The lowest BCUT2D eigenvalue weighted by molar-refractivity contribution is 0.669. The number of hydrogen-bond acceptors (Lipinski definition) is 4. The molecule has 5 heteroatoms. The third-order valence-corrected chi connectivity index (χ3v) is 11.9. The molecule has 0 aliphatic heterocycles. The van der Waals surface area contributed by atoms with Crippen molar-refractivity contribution in [1.82, 2.24) is 19.5 Å². The SMILES string of the molecule is c1ccc(-c2ccc(-c3nc(-c4cccc(-c5ccccc5)c4)nc(-c4ccc5c(c4)oc4ccc6c7ccccc7n(-c7ccc(-c8ccccc8)cc7)c6c45)n3)cc2)cc1. The Morgan fingerprint density at radius 1 is 0.306 bits per heavy atom. The molecule has 0 saturated heterocycles. The van der Waals surface area contributed by atoms with Gasteiger partial charge in [-0.15, -0.1) is 0 Å². The number of rotatable bonds is 7. The second-order valence-electron chi connectivity index (χ2n) is 15.6. The minimum Gasteiger partial charge on any atom is -0.456 e. The molecule has 12 rings (SSSR count). The van der Waals surface area contributed by atoms with Gasteiger partial charge in [-0.3, -0.25) is 0 Å². The number of benzene rings is 9. The van der Waals surface area contributed by atoms with Gasteiger partial charge >= 0.3 is 0 Å². The smallest absolute Gasteiger partial charge is 0.164 e. The summed E-state index contributed by atoms with van der Waals surface area (Å²) in [6, 6.07) is 76.2. The summed E-state index contributed by atoms with van der Waals surface area (Å²) in [4.78, 5) is 15.4. The highest BCUT2D eigenvalue weighted by molar-refractivity contribution is 6.24. The first-order valence-corrected chi connectivity index (χ1v) is 20.8. The molecular weight excluding hydrogens is 757 g/mol. The predicted molar refractivity (Wildman–Crippen MR) is 254 cm³/mol. The van der Waals surface area contributed by atoms with Crippen LogP contribution in [0.25, 0.3) is 117 Å². The van der Waals surface area contributed by atoms with Gasteiger partial charge in [0.05, 0.1) is 16.4 Å². The largest absolute Gasteiger partial charge is 0.456 e. The molecule has 0 radical (unpaired) electrons. The molecule has 0 bridgehead atoms. The van der Waals surface area contributed by atoms with Crippen LogP contribution in [0, 0.1) is 0 Å². The van der Waals surface area contributed by atoms with Crippen LogP contribution in [0.1, 0.15) is 0 Å². The number of hydrogen-bond donors (Lipinski definition) is 0. The summed E-state index contributed by atoms with van der Waals surface area (Å²) in [6.45, 7) is 0. The van der Waals surface area contributed by atoms with E-state index in [2.05, 4.69) is 211 Å². The fourth-order valence-corrected chi connectivity index (χ4v) is 8.83. The van der Waals surface area contributed by atoms with Gasteiger partial charge in [0.1, 0.15) is 11.2 Å². The number of nitrogens with zero attached hydrogens (tertiary/aromatic N) is 4. The molecule has 0 atom stereocenters. The molecule has 290 valence electrons. The average Bonchev–Trinajstić information content (AvgIpc) is 3.90. The van der Waals surface area contributed by atoms with E-state index < -0.39 is 0 Å². The molecule has 0 amide bonds. The second kappa shape index (κ2) is 14.7. The maximum absolute atomic E-state index is 6.75. The lowest BCUT2D eigenvalue weighted by atomic mass is 10.0. The van der Waals surface area contributed by atoms with Crippen LogP contribution < -0.4 is 0 Å². The third-order valence-electron chi connectivity index (χ3n) is 11.9. The van der Waals surface area contributed by atoms with Gasteiger partial charge in [-0.05, 0) is 81.9 Å². The Labute approximate surface area is 357 Å². The first-order valence-electron chi connectivity index (χ1n) is 20.8. The predicted octanol–water partition coefficient (Wildman–Crippen LogP) is 14.9. The number of fused-ring (bicyclic) bond motifs is 7. The number of aromatic nitrogens is 4. The van der Waals surface area contributed by atoms with Crippen LogP contribution in [0.4, 0.5) is 0 Å². The molecule has 9 aromatic carbocycles. The summed E-state index contributed by atoms with van der Waals surface area (Å²) in [7, 11) is 0. The molecule has 0 saturated carbocycles. The fourth-order valence-electron chi connectivity index (χ4n) is 8.83. The zero-order valence-electron chi connectivity index (χ0n) is 33.5. The molecule has 3 aromatic heterocycles. The lowest BCUT2D eigenvalue weighted by Crippen LogP contribution is -2.00. The van der Waals surface area contributed by atoms with Gasteiger partial charge in [-0.2, -0.15) is 0 Å². The molecule has 0 fully saturated rings. The van der Waals surface area contributed by atoms with Crippen molar-refractivity contribution in [2.75, 3.05) is 0 Å². The highest BCUT2D eigenvalue weighted by Crippen LogP contribution is 2.42. The highest BCUT2D eigenvalue weighted by Gasteiger charge is 2.21. The van der Waals surface area contributed by atoms with E-state index in [-0.39, 0.29) is 0 Å². The Morgan fingerprint density at radius 2 is 0.774 bits per heavy atom. The van der Waals surface area contributed by atoms with E-state index in [4.69, 9.17) is 19.4 Å². The Morgan fingerprint density at radius 3 is 1.44 bits per heavy atom. The second-order valence-corrected chi connectivity index (χ2v) is 15.6. The molecule has 0 spiro atoms. The summed E-state index contributed by atoms with van der Waals surface area (Å²) in [6.07, 6.45) is 0. The zero-order valence-corrected chi connectivity index (χ0v) is 33.5. The van der Waals surface area contributed by atoms with E-state index in [0.29, 0.717) is 17.5 Å². The van der Waals surface area contributed by atoms with Crippen LogP contribution in [0.15, 0.2) is 223 Å². The molecule has 3 heterocycles. The Kier molecular flexibility index (Phi) is 8.42. The van der Waals surface area contributed by atoms with Gasteiger partial charge in [0.15, 0.2) is 17.5 Å². The van der Waals surface area contributed by atoms with Gasteiger partial charge in [0, 0.05) is 38.5 Å². The summed E-state index contributed by atoms with van der Waals surface area (Å²) in [5.41, 5.74) is 14.5. The minimum absolute atomic E-state index is 0.572. The number of para-hydroxylation sites is 1. The van der Waals surface area contributed by atoms with Crippen LogP contribution in [-0.4, -0.2) is 19.5 Å². The first kappa shape index (κ1) is 35.5. The van der Waals surface area contributed by atoms with Crippen molar-refractivity contribution in [2.45, 2.75) is 0 Å². The highest BCUT2D eigenvalue weighted by atomic mass is 16.3. The number of furan rings is 1. The quantitative estimate of drug-likeness (QED) is 0.161. The Balaban J connectivity index is 1.01. The molecule has 12 aromatic rings. The van der Waals surface area contributed by atoms with Gasteiger partial charge in [0.25, 0.3) is 0 Å². The average molecular weight is 793 g/mol. The monoisotopic (exact) mass is 792 g/mol. The Hall–Kier alpha value is -8.41. The summed E-state index contributed by atoms with van der Waals surface area (Å²) in [5.74, 6) is 1.77. The standard InChI is InChI=1S/C57H36N4O/c1-4-13-37(14-5-1)40-23-25-42(26-24-40)55-58-56(44-20-12-19-43(35-44)39-17-8-3-9-18-39)60-57(59-55)45-29-32-49-52(36-45)62-51-34-33-48-47-21-10-11-22-50(47)61(54(48)53(49)51)46-30-27-41(28-31-46)38-15-6-2-7-16-38/h1-36H. The lowest BCUT2D eigenvalue weighted by Gasteiger charge is -2.11. The maximum Gasteiger partial charge on any atom is 0.164 e. The topological polar surface area (TPSA) is 56.7 Å².